The van der Waals surface area contributed by atoms with Crippen molar-refractivity contribution in [1.82, 2.24) is 5.32 Å². The molecule has 1 aromatic rings. The van der Waals surface area contributed by atoms with Crippen LogP contribution < -0.4 is 10.6 Å². The van der Waals surface area contributed by atoms with Crippen molar-refractivity contribution >= 4 is 45.2 Å². The van der Waals surface area contributed by atoms with Crippen molar-refractivity contribution in [3.05, 3.63) is 27.7 Å². The molecule has 0 saturated heterocycles. The Morgan fingerprint density at radius 1 is 1.45 bits per heavy atom. The molecule has 7 heteroatoms. The Morgan fingerprint density at radius 3 is 2.75 bits per heavy atom. The van der Waals surface area contributed by atoms with Crippen LogP contribution in [0.4, 0.5) is 10.5 Å². The van der Waals surface area contributed by atoms with Crippen LogP contribution in [0.25, 0.3) is 0 Å². The topological polar surface area (TPSA) is 78.4 Å². The molecule has 0 heterocycles. The van der Waals surface area contributed by atoms with Gasteiger partial charge in [0.15, 0.2) is 0 Å². The highest BCUT2D eigenvalue weighted by Gasteiger charge is 2.17. The first-order valence-electron chi connectivity index (χ1n) is 6.17. The third-order valence-electron chi connectivity index (χ3n) is 2.70. The zero-order valence-corrected chi connectivity index (χ0v) is 13.3. The number of carbonyl (C=O) groups is 2. The molecule has 1 rings (SSSR count). The van der Waals surface area contributed by atoms with Crippen molar-refractivity contribution in [1.29, 1.82) is 0 Å². The van der Waals surface area contributed by atoms with E-state index in [2.05, 4.69) is 26.6 Å². The number of carboxylic acid groups (broad SMARTS) is 1. The number of rotatable bonds is 6. The van der Waals surface area contributed by atoms with Gasteiger partial charge in [0, 0.05) is 6.54 Å². The molecule has 0 spiro atoms. The number of amides is 2. The van der Waals surface area contributed by atoms with Crippen molar-refractivity contribution in [3.8, 4) is 0 Å². The molecule has 0 radical (unpaired) electrons. The average molecular weight is 364 g/mol. The number of hydrogen-bond acceptors (Lipinski definition) is 2. The Balaban J connectivity index is 2.55. The summed E-state index contributed by atoms with van der Waals surface area (Å²) in [7, 11) is 0. The molecule has 0 aliphatic carbocycles. The van der Waals surface area contributed by atoms with E-state index < -0.39 is 17.9 Å². The maximum Gasteiger partial charge on any atom is 0.319 e. The molecule has 2 amide bonds. The molecule has 0 bridgehead atoms. The van der Waals surface area contributed by atoms with Crippen molar-refractivity contribution < 1.29 is 14.7 Å². The first-order chi connectivity index (χ1) is 9.45. The highest BCUT2D eigenvalue weighted by atomic mass is 79.9. The molecule has 1 aromatic carbocycles. The smallest absolute Gasteiger partial charge is 0.319 e. The maximum atomic E-state index is 11.7. The minimum atomic E-state index is -0.906. The standard InChI is InChI=1S/C13H16BrClN2O3/c1-2-4-8(12(18)19)7-16-13(20)17-10-6-3-5-9(15)11(10)14/h3,5-6,8H,2,4,7H2,1H3,(H,18,19)(H2,16,17,20). The second-order valence-electron chi connectivity index (χ2n) is 4.26. The van der Waals surface area contributed by atoms with E-state index in [0.717, 1.165) is 6.42 Å². The van der Waals surface area contributed by atoms with Crippen LogP contribution in [0.15, 0.2) is 22.7 Å². The fourth-order valence-corrected chi connectivity index (χ4v) is 2.18. The molecule has 110 valence electrons. The summed E-state index contributed by atoms with van der Waals surface area (Å²) in [4.78, 5) is 22.7. The second-order valence-corrected chi connectivity index (χ2v) is 5.46. The van der Waals surface area contributed by atoms with E-state index in [0.29, 0.717) is 21.6 Å². The summed E-state index contributed by atoms with van der Waals surface area (Å²) in [5.41, 5.74) is 0.525. The van der Waals surface area contributed by atoms with Crippen LogP contribution in [0.1, 0.15) is 19.8 Å². The molecule has 0 fully saturated rings. The summed E-state index contributed by atoms with van der Waals surface area (Å²) in [5.74, 6) is -1.48. The zero-order chi connectivity index (χ0) is 15.1. The highest BCUT2D eigenvalue weighted by Crippen LogP contribution is 2.29. The Bertz CT molecular complexity index is 497. The molecule has 3 N–H and O–H groups in total. The van der Waals surface area contributed by atoms with Crippen molar-refractivity contribution in [2.45, 2.75) is 19.8 Å². The van der Waals surface area contributed by atoms with Crippen LogP contribution in [0.5, 0.6) is 0 Å². The fourth-order valence-electron chi connectivity index (χ4n) is 1.64. The molecule has 5 nitrogen and oxygen atoms in total. The monoisotopic (exact) mass is 362 g/mol. The van der Waals surface area contributed by atoms with Crippen LogP contribution in [0.3, 0.4) is 0 Å². The lowest BCUT2D eigenvalue weighted by Crippen LogP contribution is -2.35. The van der Waals surface area contributed by atoms with Gasteiger partial charge in [0.2, 0.25) is 0 Å². The first kappa shape index (κ1) is 16.8. The molecular weight excluding hydrogens is 348 g/mol. The molecule has 0 saturated carbocycles. The summed E-state index contributed by atoms with van der Waals surface area (Å²) < 4.78 is 0.583. The number of halogens is 2. The van der Waals surface area contributed by atoms with E-state index in [-0.39, 0.29) is 6.54 Å². The SMILES string of the molecule is CCCC(CNC(=O)Nc1cccc(Cl)c1Br)C(=O)O. The highest BCUT2D eigenvalue weighted by molar-refractivity contribution is 9.10. The van der Waals surface area contributed by atoms with Gasteiger partial charge in [-0.2, -0.15) is 0 Å². The van der Waals surface area contributed by atoms with Crippen LogP contribution >= 0.6 is 27.5 Å². The number of nitrogens with one attached hydrogen (secondary N) is 2. The average Bonchev–Trinajstić information content (AvgIpc) is 2.39. The summed E-state index contributed by atoms with van der Waals surface area (Å²) in [6.45, 7) is 1.99. The van der Waals surface area contributed by atoms with Gasteiger partial charge in [-0.15, -0.1) is 0 Å². The quantitative estimate of drug-likeness (QED) is 0.720. The Hall–Kier alpha value is -1.27. The van der Waals surface area contributed by atoms with Crippen molar-refractivity contribution in [3.63, 3.8) is 0 Å². The van der Waals surface area contributed by atoms with E-state index in [1.54, 1.807) is 18.2 Å². The first-order valence-corrected chi connectivity index (χ1v) is 7.34. The van der Waals surface area contributed by atoms with Crippen LogP contribution in [-0.4, -0.2) is 23.7 Å². The number of anilines is 1. The Labute approximate surface area is 130 Å². The van der Waals surface area contributed by atoms with Crippen LogP contribution in [0, 0.1) is 5.92 Å². The largest absolute Gasteiger partial charge is 0.481 e. The number of carboxylic acids is 1. The lowest BCUT2D eigenvalue weighted by atomic mass is 10.0. The van der Waals surface area contributed by atoms with E-state index >= 15 is 0 Å². The predicted octanol–water partition coefficient (Wildman–Crippen LogP) is 3.72. The van der Waals surface area contributed by atoms with Crippen molar-refractivity contribution in [2.75, 3.05) is 11.9 Å². The Kier molecular flexibility index (Phi) is 6.81. The van der Waals surface area contributed by atoms with Crippen LogP contribution in [0.2, 0.25) is 5.02 Å². The summed E-state index contributed by atoms with van der Waals surface area (Å²) in [6, 6.07) is 4.63. The summed E-state index contributed by atoms with van der Waals surface area (Å²) >= 11 is 9.18. The second kappa shape index (κ2) is 8.11. The molecular formula is C13H16BrClN2O3. The maximum absolute atomic E-state index is 11.7. The predicted molar refractivity (Wildman–Crippen MR) is 82.2 cm³/mol. The van der Waals surface area contributed by atoms with Crippen LogP contribution in [-0.2, 0) is 4.79 Å². The van der Waals surface area contributed by atoms with Gasteiger partial charge in [0.1, 0.15) is 0 Å². The number of aliphatic carboxylic acids is 1. The molecule has 0 aliphatic rings. The third kappa shape index (κ3) is 5.02. The Morgan fingerprint density at radius 2 is 2.15 bits per heavy atom. The molecule has 0 aromatic heterocycles. The van der Waals surface area contributed by atoms with Gasteiger partial charge in [0.05, 0.1) is 21.1 Å². The van der Waals surface area contributed by atoms with Gasteiger partial charge >= 0.3 is 12.0 Å². The fraction of sp³-hybridized carbons (Fsp3) is 0.385. The third-order valence-corrected chi connectivity index (χ3v) is 4.09. The van der Waals surface area contributed by atoms with E-state index in [1.807, 2.05) is 6.92 Å². The van der Waals surface area contributed by atoms with E-state index in [1.165, 1.54) is 0 Å². The lowest BCUT2D eigenvalue weighted by Gasteiger charge is -2.13. The number of carbonyl (C=O) groups excluding carboxylic acids is 1. The van der Waals surface area contributed by atoms with E-state index in [4.69, 9.17) is 16.7 Å². The minimum Gasteiger partial charge on any atom is -0.481 e. The van der Waals surface area contributed by atoms with Gasteiger partial charge in [-0.05, 0) is 34.5 Å². The van der Waals surface area contributed by atoms with Gasteiger partial charge in [-0.25, -0.2) is 4.79 Å². The van der Waals surface area contributed by atoms with Gasteiger partial charge in [0.25, 0.3) is 0 Å². The summed E-state index contributed by atoms with van der Waals surface area (Å²) in [6.07, 6.45) is 1.27. The van der Waals surface area contributed by atoms with Gasteiger partial charge < -0.3 is 15.7 Å². The van der Waals surface area contributed by atoms with Gasteiger partial charge in [-0.1, -0.05) is 31.0 Å². The molecule has 0 aliphatic heterocycles. The lowest BCUT2D eigenvalue weighted by molar-refractivity contribution is -0.141. The summed E-state index contributed by atoms with van der Waals surface area (Å²) in [5, 5.41) is 14.6. The molecule has 1 unspecified atom stereocenters. The van der Waals surface area contributed by atoms with Gasteiger partial charge in [-0.3, -0.25) is 4.79 Å². The zero-order valence-electron chi connectivity index (χ0n) is 11.0. The van der Waals surface area contributed by atoms with Crippen molar-refractivity contribution in [2.24, 2.45) is 5.92 Å². The molecule has 20 heavy (non-hydrogen) atoms. The number of benzene rings is 1. The van der Waals surface area contributed by atoms with E-state index in [9.17, 15) is 9.59 Å². The minimum absolute atomic E-state index is 0.0905. The number of hydrogen-bond donors (Lipinski definition) is 3. The molecule has 1 atom stereocenters. The normalized spacial score (nSPS) is 11.8. The number of urea groups is 1.